The first kappa shape index (κ1) is 18.1. The van der Waals surface area contributed by atoms with Gasteiger partial charge < -0.3 is 14.7 Å². The second-order valence-corrected chi connectivity index (χ2v) is 6.79. The molecule has 0 saturated carbocycles. The Kier molecular flexibility index (Phi) is 5.37. The summed E-state index contributed by atoms with van der Waals surface area (Å²) in [5.41, 5.74) is 0.793. The molecule has 1 aromatic carbocycles. The number of hydrogen-bond donors (Lipinski definition) is 2. The van der Waals surface area contributed by atoms with Crippen LogP contribution in [0.4, 0.5) is 5.82 Å². The molecule has 0 radical (unpaired) electrons. The Morgan fingerprint density at radius 3 is 2.62 bits per heavy atom. The number of benzene rings is 1. The van der Waals surface area contributed by atoms with Gasteiger partial charge in [-0.3, -0.25) is 14.9 Å². The standard InChI is InChI=1S/C19H24N4O3/c1-12(2)23-10-9-15(19(23)25)20-17(14-7-5-4-6-8-14)18(24)21-16-11-13(3)26-22-16/h4-8,11-12,15,17,20H,9-10H2,1-3H3,(H,21,22,24). The predicted molar refractivity (Wildman–Crippen MR) is 97.4 cm³/mol. The predicted octanol–water partition coefficient (Wildman–Crippen LogP) is 2.26. The Labute approximate surface area is 152 Å². The van der Waals surface area contributed by atoms with Gasteiger partial charge in [-0.15, -0.1) is 0 Å². The summed E-state index contributed by atoms with van der Waals surface area (Å²) in [6, 6.07) is 10.1. The summed E-state index contributed by atoms with van der Waals surface area (Å²) in [5.74, 6) is 0.728. The number of nitrogens with one attached hydrogen (secondary N) is 2. The summed E-state index contributed by atoms with van der Waals surface area (Å²) in [6.07, 6.45) is 0.677. The number of aryl methyl sites for hydroxylation is 1. The fraction of sp³-hybridized carbons (Fsp3) is 0.421. The highest BCUT2D eigenvalue weighted by Crippen LogP contribution is 2.21. The summed E-state index contributed by atoms with van der Waals surface area (Å²) >= 11 is 0. The summed E-state index contributed by atoms with van der Waals surface area (Å²) in [7, 11) is 0. The van der Waals surface area contributed by atoms with Crippen LogP contribution in [0.25, 0.3) is 0 Å². The maximum atomic E-state index is 12.9. The van der Waals surface area contributed by atoms with E-state index in [1.54, 1.807) is 13.0 Å². The van der Waals surface area contributed by atoms with E-state index in [1.807, 2.05) is 49.1 Å². The topological polar surface area (TPSA) is 87.5 Å². The second kappa shape index (κ2) is 7.70. The molecule has 0 spiro atoms. The lowest BCUT2D eigenvalue weighted by molar-refractivity contribution is -0.131. The molecule has 2 heterocycles. The van der Waals surface area contributed by atoms with E-state index in [9.17, 15) is 9.59 Å². The largest absolute Gasteiger partial charge is 0.360 e. The Morgan fingerprint density at radius 1 is 1.31 bits per heavy atom. The molecule has 2 atom stereocenters. The van der Waals surface area contributed by atoms with E-state index in [2.05, 4.69) is 15.8 Å². The van der Waals surface area contributed by atoms with Gasteiger partial charge in [-0.05, 0) is 32.8 Å². The van der Waals surface area contributed by atoms with Crippen LogP contribution < -0.4 is 10.6 Å². The van der Waals surface area contributed by atoms with Gasteiger partial charge >= 0.3 is 0 Å². The fourth-order valence-electron chi connectivity index (χ4n) is 3.16. The number of anilines is 1. The van der Waals surface area contributed by atoms with Crippen molar-refractivity contribution in [2.45, 2.75) is 45.3 Å². The molecule has 138 valence electrons. The molecule has 2 amide bonds. The zero-order valence-electron chi connectivity index (χ0n) is 15.2. The summed E-state index contributed by atoms with van der Waals surface area (Å²) < 4.78 is 5.00. The molecule has 2 unspecified atom stereocenters. The Bertz CT molecular complexity index is 772. The highest BCUT2D eigenvalue weighted by Gasteiger charge is 2.36. The smallest absolute Gasteiger partial charge is 0.247 e. The maximum Gasteiger partial charge on any atom is 0.247 e. The zero-order valence-corrected chi connectivity index (χ0v) is 15.2. The third kappa shape index (κ3) is 3.94. The number of carbonyl (C=O) groups is 2. The number of nitrogens with zero attached hydrogens (tertiary/aromatic N) is 2. The van der Waals surface area contributed by atoms with Crippen molar-refractivity contribution in [2.75, 3.05) is 11.9 Å². The average Bonchev–Trinajstić information content (AvgIpc) is 3.19. The first-order chi connectivity index (χ1) is 12.5. The summed E-state index contributed by atoms with van der Waals surface area (Å²) in [5, 5.41) is 9.79. The number of likely N-dealkylation sites (tertiary alicyclic amines) is 1. The third-order valence-corrected chi connectivity index (χ3v) is 4.51. The lowest BCUT2D eigenvalue weighted by atomic mass is 10.0. The quantitative estimate of drug-likeness (QED) is 0.829. The molecule has 1 aliphatic heterocycles. The van der Waals surface area contributed by atoms with Crippen molar-refractivity contribution in [3.8, 4) is 0 Å². The van der Waals surface area contributed by atoms with E-state index in [4.69, 9.17) is 4.52 Å². The molecule has 1 fully saturated rings. The highest BCUT2D eigenvalue weighted by atomic mass is 16.5. The van der Waals surface area contributed by atoms with Gasteiger partial charge in [-0.2, -0.15) is 0 Å². The normalized spacial score (nSPS) is 18.4. The van der Waals surface area contributed by atoms with E-state index in [1.165, 1.54) is 0 Å². The van der Waals surface area contributed by atoms with Crippen molar-refractivity contribution >= 4 is 17.6 Å². The first-order valence-corrected chi connectivity index (χ1v) is 8.81. The molecule has 1 saturated heterocycles. The van der Waals surface area contributed by atoms with Crippen LogP contribution in [0.1, 0.15) is 37.6 Å². The molecular formula is C19H24N4O3. The molecule has 0 bridgehead atoms. The molecule has 1 aliphatic rings. The zero-order chi connectivity index (χ0) is 18.7. The Balaban J connectivity index is 1.78. The van der Waals surface area contributed by atoms with Gasteiger partial charge in [-0.25, -0.2) is 0 Å². The molecule has 26 heavy (non-hydrogen) atoms. The van der Waals surface area contributed by atoms with Crippen LogP contribution in [0, 0.1) is 6.92 Å². The van der Waals surface area contributed by atoms with E-state index in [-0.39, 0.29) is 23.9 Å². The molecule has 1 aromatic heterocycles. The third-order valence-electron chi connectivity index (χ3n) is 4.51. The van der Waals surface area contributed by atoms with Gasteiger partial charge in [0.1, 0.15) is 11.8 Å². The maximum absolute atomic E-state index is 12.9. The van der Waals surface area contributed by atoms with Gasteiger partial charge in [0, 0.05) is 18.7 Å². The highest BCUT2D eigenvalue weighted by molar-refractivity contribution is 5.95. The second-order valence-electron chi connectivity index (χ2n) is 6.79. The minimum Gasteiger partial charge on any atom is -0.360 e. The van der Waals surface area contributed by atoms with Crippen molar-refractivity contribution in [2.24, 2.45) is 0 Å². The fourth-order valence-corrected chi connectivity index (χ4v) is 3.16. The SMILES string of the molecule is Cc1cc(NC(=O)C(NC2CCN(C(C)C)C2=O)c2ccccc2)no1. The number of amides is 2. The monoisotopic (exact) mass is 356 g/mol. The van der Waals surface area contributed by atoms with Crippen LogP contribution in [0.3, 0.4) is 0 Å². The van der Waals surface area contributed by atoms with Crippen molar-refractivity contribution in [1.29, 1.82) is 0 Å². The van der Waals surface area contributed by atoms with Crippen LogP contribution >= 0.6 is 0 Å². The van der Waals surface area contributed by atoms with Crippen LogP contribution in [0.15, 0.2) is 40.9 Å². The Morgan fingerprint density at radius 2 is 2.04 bits per heavy atom. The minimum absolute atomic E-state index is 0.0333. The van der Waals surface area contributed by atoms with E-state index >= 15 is 0 Å². The minimum atomic E-state index is -0.658. The summed E-state index contributed by atoms with van der Waals surface area (Å²) in [4.78, 5) is 27.3. The average molecular weight is 356 g/mol. The van der Waals surface area contributed by atoms with E-state index < -0.39 is 6.04 Å². The van der Waals surface area contributed by atoms with Crippen molar-refractivity contribution in [1.82, 2.24) is 15.4 Å². The Hall–Kier alpha value is -2.67. The number of carbonyl (C=O) groups excluding carboxylic acids is 2. The van der Waals surface area contributed by atoms with Crippen LogP contribution in [-0.2, 0) is 9.59 Å². The van der Waals surface area contributed by atoms with E-state index in [0.717, 1.165) is 5.56 Å². The lowest BCUT2D eigenvalue weighted by Crippen LogP contribution is -2.45. The summed E-state index contributed by atoms with van der Waals surface area (Å²) in [6.45, 7) is 6.44. The van der Waals surface area contributed by atoms with Gasteiger partial charge in [-0.1, -0.05) is 35.5 Å². The number of rotatable bonds is 6. The van der Waals surface area contributed by atoms with Crippen molar-refractivity contribution in [3.05, 3.63) is 47.7 Å². The van der Waals surface area contributed by atoms with Crippen molar-refractivity contribution < 1.29 is 14.1 Å². The molecule has 3 rings (SSSR count). The number of aromatic nitrogens is 1. The van der Waals surface area contributed by atoms with Gasteiger partial charge in [0.2, 0.25) is 11.8 Å². The number of hydrogen-bond acceptors (Lipinski definition) is 5. The van der Waals surface area contributed by atoms with Crippen LogP contribution in [0.2, 0.25) is 0 Å². The molecular weight excluding hydrogens is 332 g/mol. The molecule has 7 heteroatoms. The molecule has 7 nitrogen and oxygen atoms in total. The van der Waals surface area contributed by atoms with Crippen molar-refractivity contribution in [3.63, 3.8) is 0 Å². The van der Waals surface area contributed by atoms with Crippen LogP contribution in [-0.4, -0.2) is 40.5 Å². The molecule has 2 N–H and O–H groups in total. The molecule has 0 aliphatic carbocycles. The van der Waals surface area contributed by atoms with Gasteiger partial charge in [0.25, 0.3) is 0 Å². The van der Waals surface area contributed by atoms with E-state index in [0.29, 0.717) is 24.5 Å². The van der Waals surface area contributed by atoms with Gasteiger partial charge in [0.05, 0.1) is 6.04 Å². The first-order valence-electron chi connectivity index (χ1n) is 8.81. The lowest BCUT2D eigenvalue weighted by Gasteiger charge is -2.24. The van der Waals surface area contributed by atoms with Crippen LogP contribution in [0.5, 0.6) is 0 Å². The van der Waals surface area contributed by atoms with Gasteiger partial charge in [0.15, 0.2) is 5.82 Å². The molecule has 2 aromatic rings.